The van der Waals surface area contributed by atoms with Gasteiger partial charge in [0.1, 0.15) is 0 Å². The molecular weight excluding hydrogens is 216 g/mol. The number of hydrogen-bond acceptors (Lipinski definition) is 4. The Balaban J connectivity index is 4.23. The van der Waals surface area contributed by atoms with E-state index in [-0.39, 0.29) is 24.9 Å². The molecule has 0 rings (SSSR count). The van der Waals surface area contributed by atoms with Gasteiger partial charge in [0, 0.05) is 25.3 Å². The van der Waals surface area contributed by atoms with Crippen molar-refractivity contribution in [3.05, 3.63) is 0 Å². The Morgan fingerprint density at radius 3 is 2.27 bits per heavy atom. The molecule has 0 aromatic heterocycles. The molecule has 0 spiro atoms. The molecular formula is C9H20N2O3S. The topological polar surface area (TPSA) is 89.3 Å². The Hall–Kier alpha value is -0.620. The zero-order chi connectivity index (χ0) is 12.3. The van der Waals surface area contributed by atoms with Crippen molar-refractivity contribution in [2.45, 2.75) is 38.0 Å². The fourth-order valence-electron chi connectivity index (χ4n) is 0.807. The highest BCUT2D eigenvalue weighted by molar-refractivity contribution is 7.92. The van der Waals surface area contributed by atoms with E-state index in [0.29, 0.717) is 0 Å². The monoisotopic (exact) mass is 236 g/mol. The summed E-state index contributed by atoms with van der Waals surface area (Å²) in [4.78, 5) is 11.2. The maximum Gasteiger partial charge on any atom is 0.221 e. The van der Waals surface area contributed by atoms with Crippen LogP contribution >= 0.6 is 0 Å². The zero-order valence-corrected chi connectivity index (χ0v) is 10.5. The summed E-state index contributed by atoms with van der Waals surface area (Å²) in [6, 6.07) is -0.216. The zero-order valence-electron chi connectivity index (χ0n) is 9.70. The van der Waals surface area contributed by atoms with Crippen molar-refractivity contribution in [2.75, 3.05) is 12.8 Å². The molecule has 0 aromatic carbocycles. The standard InChI is InChI=1S/C9H20N2O3S/c1-7(10)5-8(12)11-6-9(2,3)15(4,13)14/h7H,5-6,10H2,1-4H3,(H,11,12). The Morgan fingerprint density at radius 2 is 1.93 bits per heavy atom. The van der Waals surface area contributed by atoms with Gasteiger partial charge in [0.05, 0.1) is 4.75 Å². The number of carbonyl (C=O) groups is 1. The second kappa shape index (κ2) is 4.94. The highest BCUT2D eigenvalue weighted by atomic mass is 32.2. The van der Waals surface area contributed by atoms with Gasteiger partial charge in [-0.25, -0.2) is 8.42 Å². The summed E-state index contributed by atoms with van der Waals surface area (Å²) >= 11 is 0. The Bertz CT molecular complexity index is 320. The highest BCUT2D eigenvalue weighted by Gasteiger charge is 2.30. The van der Waals surface area contributed by atoms with Crippen LogP contribution in [0, 0.1) is 0 Å². The molecule has 15 heavy (non-hydrogen) atoms. The van der Waals surface area contributed by atoms with E-state index >= 15 is 0 Å². The van der Waals surface area contributed by atoms with E-state index in [2.05, 4.69) is 5.32 Å². The van der Waals surface area contributed by atoms with Crippen LogP contribution in [0.2, 0.25) is 0 Å². The van der Waals surface area contributed by atoms with Crippen LogP contribution in [-0.2, 0) is 14.6 Å². The molecule has 0 aliphatic rings. The first-order valence-electron chi connectivity index (χ1n) is 4.78. The van der Waals surface area contributed by atoms with Gasteiger partial charge in [-0.3, -0.25) is 4.79 Å². The molecule has 90 valence electrons. The minimum absolute atomic E-state index is 0.109. The van der Waals surface area contributed by atoms with Gasteiger partial charge in [0.15, 0.2) is 9.84 Å². The lowest BCUT2D eigenvalue weighted by Crippen LogP contribution is -2.44. The number of hydrogen-bond donors (Lipinski definition) is 2. The van der Waals surface area contributed by atoms with E-state index in [1.165, 1.54) is 0 Å². The molecule has 0 fully saturated rings. The van der Waals surface area contributed by atoms with Gasteiger partial charge in [-0.15, -0.1) is 0 Å². The molecule has 6 heteroatoms. The van der Waals surface area contributed by atoms with Crippen molar-refractivity contribution < 1.29 is 13.2 Å². The Morgan fingerprint density at radius 1 is 1.47 bits per heavy atom. The van der Waals surface area contributed by atoms with Crippen LogP contribution in [0.25, 0.3) is 0 Å². The van der Waals surface area contributed by atoms with Crippen LogP contribution in [0.15, 0.2) is 0 Å². The Kier molecular flexibility index (Phi) is 4.73. The largest absolute Gasteiger partial charge is 0.354 e. The molecule has 0 radical (unpaired) electrons. The molecule has 0 saturated carbocycles. The SMILES string of the molecule is CC(N)CC(=O)NCC(C)(C)S(C)(=O)=O. The van der Waals surface area contributed by atoms with Gasteiger partial charge in [0.2, 0.25) is 5.91 Å². The maximum atomic E-state index is 11.3. The molecule has 3 N–H and O–H groups in total. The average Bonchev–Trinajstić information content (AvgIpc) is 1.97. The van der Waals surface area contributed by atoms with Crippen LogP contribution in [0.4, 0.5) is 0 Å². The molecule has 0 bridgehead atoms. The molecule has 1 unspecified atom stereocenters. The first-order chi connectivity index (χ1) is 6.56. The predicted octanol–water partition coefficient (Wildman–Crippen LogP) is -0.337. The normalized spacial score (nSPS) is 14.7. The smallest absolute Gasteiger partial charge is 0.221 e. The Labute approximate surface area is 91.3 Å². The lowest BCUT2D eigenvalue weighted by atomic mass is 10.2. The third-order valence-corrected chi connectivity index (χ3v) is 4.37. The highest BCUT2D eigenvalue weighted by Crippen LogP contribution is 2.13. The summed E-state index contributed by atoms with van der Waals surface area (Å²) in [6.45, 7) is 4.99. The van der Waals surface area contributed by atoms with Gasteiger partial charge in [-0.05, 0) is 20.8 Å². The summed E-state index contributed by atoms with van der Waals surface area (Å²) in [5, 5.41) is 2.56. The van der Waals surface area contributed by atoms with E-state index < -0.39 is 14.6 Å². The molecule has 0 saturated heterocycles. The lowest BCUT2D eigenvalue weighted by Gasteiger charge is -2.22. The molecule has 5 nitrogen and oxygen atoms in total. The number of carbonyl (C=O) groups excluding carboxylic acids is 1. The van der Waals surface area contributed by atoms with Gasteiger partial charge < -0.3 is 11.1 Å². The number of amides is 1. The van der Waals surface area contributed by atoms with Crippen molar-refractivity contribution >= 4 is 15.7 Å². The summed E-state index contributed by atoms with van der Waals surface area (Å²) in [7, 11) is -3.17. The van der Waals surface area contributed by atoms with E-state index in [0.717, 1.165) is 6.26 Å². The van der Waals surface area contributed by atoms with Crippen molar-refractivity contribution in [3.63, 3.8) is 0 Å². The minimum Gasteiger partial charge on any atom is -0.354 e. The average molecular weight is 236 g/mol. The van der Waals surface area contributed by atoms with Crippen molar-refractivity contribution in [2.24, 2.45) is 5.73 Å². The van der Waals surface area contributed by atoms with E-state index in [4.69, 9.17) is 5.73 Å². The number of rotatable bonds is 5. The summed E-state index contributed by atoms with van der Waals surface area (Å²) < 4.78 is 21.7. The molecule has 0 aromatic rings. The number of nitrogens with two attached hydrogens (primary N) is 1. The molecule has 1 amide bonds. The van der Waals surface area contributed by atoms with Crippen LogP contribution in [-0.4, -0.2) is 37.9 Å². The molecule has 0 heterocycles. The fraction of sp³-hybridized carbons (Fsp3) is 0.889. The summed E-state index contributed by atoms with van der Waals surface area (Å²) in [5.41, 5.74) is 5.44. The summed E-state index contributed by atoms with van der Waals surface area (Å²) in [5.74, 6) is -0.221. The van der Waals surface area contributed by atoms with E-state index in [1.54, 1.807) is 20.8 Å². The third kappa shape index (κ3) is 5.13. The first-order valence-corrected chi connectivity index (χ1v) is 6.67. The fourth-order valence-corrected chi connectivity index (χ4v) is 1.14. The second-order valence-corrected chi connectivity index (χ2v) is 7.14. The minimum atomic E-state index is -3.17. The van der Waals surface area contributed by atoms with Gasteiger partial charge in [-0.2, -0.15) is 0 Å². The van der Waals surface area contributed by atoms with Crippen LogP contribution in [0.5, 0.6) is 0 Å². The van der Waals surface area contributed by atoms with Crippen molar-refractivity contribution in [1.82, 2.24) is 5.32 Å². The van der Waals surface area contributed by atoms with Crippen LogP contribution < -0.4 is 11.1 Å². The van der Waals surface area contributed by atoms with Gasteiger partial charge in [-0.1, -0.05) is 0 Å². The van der Waals surface area contributed by atoms with E-state index in [9.17, 15) is 13.2 Å². The van der Waals surface area contributed by atoms with Crippen molar-refractivity contribution in [3.8, 4) is 0 Å². The number of nitrogens with one attached hydrogen (secondary N) is 1. The van der Waals surface area contributed by atoms with Gasteiger partial charge >= 0.3 is 0 Å². The molecule has 0 aliphatic carbocycles. The lowest BCUT2D eigenvalue weighted by molar-refractivity contribution is -0.121. The van der Waals surface area contributed by atoms with Crippen LogP contribution in [0.3, 0.4) is 0 Å². The predicted molar refractivity (Wildman–Crippen MR) is 60.2 cm³/mol. The van der Waals surface area contributed by atoms with Gasteiger partial charge in [0.25, 0.3) is 0 Å². The quantitative estimate of drug-likeness (QED) is 0.683. The first kappa shape index (κ1) is 14.4. The second-order valence-electron chi connectivity index (χ2n) is 4.49. The number of sulfone groups is 1. The van der Waals surface area contributed by atoms with Crippen molar-refractivity contribution in [1.29, 1.82) is 0 Å². The third-order valence-electron chi connectivity index (χ3n) is 2.22. The molecule has 1 atom stereocenters. The summed E-state index contributed by atoms with van der Waals surface area (Å²) in [6.07, 6.45) is 1.37. The van der Waals surface area contributed by atoms with E-state index in [1.807, 2.05) is 0 Å². The maximum absolute atomic E-state index is 11.3. The molecule has 0 aliphatic heterocycles. The van der Waals surface area contributed by atoms with Crippen LogP contribution in [0.1, 0.15) is 27.2 Å².